The molecule has 0 rings (SSSR count). The third kappa shape index (κ3) is 228. The second-order valence-electron chi connectivity index (χ2n) is 0.447. The van der Waals surface area contributed by atoms with Gasteiger partial charge in [-0.15, -0.1) is 0 Å². The average Bonchev–Trinajstić information content (AvgIpc) is 0.722. The topological polar surface area (TPSA) is 121 Å². The standard InChI is InChI=1S/Co.H3N.Ni.H3O4P/c;;;1-5(2,3)4/h;1H3;;(H3,1,2,3,4)/q+2;;+2;/p-3. The minimum atomic E-state index is -5.39. The zero-order chi connectivity index (χ0) is 4.50. The van der Waals surface area contributed by atoms with Crippen LogP contribution in [0.4, 0.5) is 0 Å². The van der Waals surface area contributed by atoms with Gasteiger partial charge in [-0.2, -0.15) is 7.82 Å². The summed E-state index contributed by atoms with van der Waals surface area (Å²) in [5.41, 5.74) is 0. The Kier molecular flexibility index (Phi) is 23.2. The fourth-order valence-electron chi connectivity index (χ4n) is 0. The molecule has 0 saturated heterocycles. The van der Waals surface area contributed by atoms with E-state index in [-0.39, 0.29) is 39.4 Å². The van der Waals surface area contributed by atoms with Gasteiger partial charge in [0, 0.05) is 0 Å². The van der Waals surface area contributed by atoms with Crippen LogP contribution in [0.25, 0.3) is 0 Å². The fourth-order valence-corrected chi connectivity index (χ4v) is 0. The van der Waals surface area contributed by atoms with Gasteiger partial charge in [0.2, 0.25) is 0 Å². The Bertz CT molecular complexity index is 62.2. The molecule has 0 atom stereocenters. The van der Waals surface area contributed by atoms with Gasteiger partial charge in [0.1, 0.15) is 0 Å². The summed E-state index contributed by atoms with van der Waals surface area (Å²) in [6, 6.07) is 0. The van der Waals surface area contributed by atoms with Crippen LogP contribution in [0.1, 0.15) is 0 Å². The van der Waals surface area contributed by atoms with E-state index in [9.17, 15) is 0 Å². The summed E-state index contributed by atoms with van der Waals surface area (Å²) in [4.78, 5) is 25.6. The van der Waals surface area contributed by atoms with Crippen molar-refractivity contribution in [2.45, 2.75) is 0 Å². The number of hydrogen-bond acceptors (Lipinski definition) is 5. The number of phosphoric acid groups is 1. The van der Waals surface area contributed by atoms with Crippen LogP contribution < -0.4 is 20.8 Å². The number of hydrogen-bond donors (Lipinski definition) is 1. The minimum absolute atomic E-state index is 0. The Morgan fingerprint density at radius 1 is 1.12 bits per heavy atom. The zero-order valence-electron chi connectivity index (χ0n) is 3.44. The molecule has 0 amide bonds. The number of rotatable bonds is 0. The minimum Gasteiger partial charge on any atom is -0.822 e. The predicted molar refractivity (Wildman–Crippen MR) is 12.6 cm³/mol. The van der Waals surface area contributed by atoms with Gasteiger partial charge in [0.25, 0.3) is 0 Å². The quantitative estimate of drug-likeness (QED) is 0.359. The van der Waals surface area contributed by atoms with Gasteiger partial charge in [-0.25, -0.2) is 0 Å². The molecular formula is H3CoNNiO4P+. The molecule has 0 aromatic heterocycles. The maximum Gasteiger partial charge on any atom is 2.00 e. The van der Waals surface area contributed by atoms with Crippen LogP contribution in [-0.2, 0) is 37.8 Å². The molecule has 1 radical (unpaired) electrons. The molecular weight excluding hydrogens is 227 g/mol. The molecule has 55 valence electrons. The molecule has 0 aromatic rings. The van der Waals surface area contributed by atoms with E-state index in [1.54, 1.807) is 0 Å². The van der Waals surface area contributed by atoms with Crippen molar-refractivity contribution in [3.63, 3.8) is 0 Å². The Labute approximate surface area is 66.8 Å². The molecule has 0 spiro atoms. The first-order valence-corrected chi connectivity index (χ1v) is 2.19. The van der Waals surface area contributed by atoms with Crippen molar-refractivity contribution < 1.29 is 52.5 Å². The van der Waals surface area contributed by atoms with Crippen LogP contribution in [0.5, 0.6) is 0 Å². The van der Waals surface area contributed by atoms with E-state index in [1.165, 1.54) is 0 Å². The summed E-state index contributed by atoms with van der Waals surface area (Å²) in [7, 11) is -5.39. The Morgan fingerprint density at radius 3 is 1.12 bits per heavy atom. The predicted octanol–water partition coefficient (Wildman–Crippen LogP) is -2.67. The summed E-state index contributed by atoms with van der Waals surface area (Å²) in [5, 5.41) is 0. The SMILES string of the molecule is N.O=P([O-])([O-])[O-].[Co+2].[Ni+2]. The molecule has 0 aliphatic carbocycles. The molecule has 0 saturated carbocycles. The normalized spacial score (nSPS) is 7.38. The Balaban J connectivity index is -0.0000000267. The summed E-state index contributed by atoms with van der Waals surface area (Å²) >= 11 is 0. The van der Waals surface area contributed by atoms with Crippen LogP contribution in [-0.4, -0.2) is 0 Å². The molecule has 0 aliphatic rings. The first-order chi connectivity index (χ1) is 2.00. The summed E-state index contributed by atoms with van der Waals surface area (Å²) in [6.07, 6.45) is 0. The van der Waals surface area contributed by atoms with E-state index in [0.717, 1.165) is 0 Å². The fraction of sp³-hybridized carbons (Fsp3) is 0. The molecule has 0 fully saturated rings. The largest absolute Gasteiger partial charge is 2.00 e. The van der Waals surface area contributed by atoms with E-state index in [0.29, 0.717) is 0 Å². The second-order valence-corrected chi connectivity index (χ2v) is 1.34. The molecule has 8 heavy (non-hydrogen) atoms. The summed E-state index contributed by atoms with van der Waals surface area (Å²) in [5.74, 6) is 0. The van der Waals surface area contributed by atoms with Gasteiger partial charge in [-0.1, -0.05) is 0 Å². The van der Waals surface area contributed by atoms with E-state index in [2.05, 4.69) is 0 Å². The third-order valence-electron chi connectivity index (χ3n) is 0. The third-order valence-corrected chi connectivity index (χ3v) is 0. The van der Waals surface area contributed by atoms with Gasteiger partial charge >= 0.3 is 33.3 Å². The maximum atomic E-state index is 8.55. The van der Waals surface area contributed by atoms with Gasteiger partial charge in [0.05, 0.1) is 0 Å². The average molecular weight is 230 g/mol. The Morgan fingerprint density at radius 2 is 1.12 bits per heavy atom. The van der Waals surface area contributed by atoms with Gasteiger partial charge in [0.15, 0.2) is 0 Å². The van der Waals surface area contributed by atoms with Crippen LogP contribution >= 0.6 is 7.82 Å². The van der Waals surface area contributed by atoms with Gasteiger partial charge in [-0.3, -0.25) is 0 Å². The zero-order valence-corrected chi connectivity index (χ0v) is 6.36. The molecule has 3 N–H and O–H groups in total. The monoisotopic (exact) mass is 229 g/mol. The smallest absolute Gasteiger partial charge is 0.822 e. The van der Waals surface area contributed by atoms with Crippen molar-refractivity contribution in [2.75, 3.05) is 0 Å². The second kappa shape index (κ2) is 8.07. The van der Waals surface area contributed by atoms with Crippen molar-refractivity contribution >= 4 is 7.82 Å². The maximum absolute atomic E-state index is 8.55. The molecule has 0 aromatic carbocycles. The van der Waals surface area contributed by atoms with E-state index in [1.807, 2.05) is 0 Å². The van der Waals surface area contributed by atoms with E-state index >= 15 is 0 Å². The first kappa shape index (κ1) is 23.0. The van der Waals surface area contributed by atoms with Crippen LogP contribution in [0.2, 0.25) is 0 Å². The van der Waals surface area contributed by atoms with Crippen molar-refractivity contribution in [1.29, 1.82) is 0 Å². The Hall–Kier alpha value is 1.07. The van der Waals surface area contributed by atoms with Gasteiger partial charge in [-0.05, 0) is 0 Å². The van der Waals surface area contributed by atoms with E-state index in [4.69, 9.17) is 19.2 Å². The van der Waals surface area contributed by atoms with Crippen LogP contribution in [0.15, 0.2) is 0 Å². The molecule has 5 nitrogen and oxygen atoms in total. The first-order valence-electron chi connectivity index (χ1n) is 0.730. The molecule has 0 bridgehead atoms. The molecule has 8 heteroatoms. The van der Waals surface area contributed by atoms with Crippen molar-refractivity contribution in [3.05, 3.63) is 0 Å². The van der Waals surface area contributed by atoms with E-state index < -0.39 is 7.82 Å². The van der Waals surface area contributed by atoms with Crippen LogP contribution in [0, 0.1) is 0 Å². The van der Waals surface area contributed by atoms with Crippen molar-refractivity contribution in [2.24, 2.45) is 0 Å². The van der Waals surface area contributed by atoms with Crippen LogP contribution in [0.3, 0.4) is 0 Å². The van der Waals surface area contributed by atoms with Crippen molar-refractivity contribution in [1.82, 2.24) is 6.15 Å². The molecule has 0 unspecified atom stereocenters. The van der Waals surface area contributed by atoms with Gasteiger partial charge < -0.3 is 25.4 Å². The molecule has 0 heterocycles. The summed E-state index contributed by atoms with van der Waals surface area (Å²) < 4.78 is 8.55. The molecule has 0 aliphatic heterocycles. The van der Waals surface area contributed by atoms with Crippen molar-refractivity contribution in [3.8, 4) is 0 Å². The summed E-state index contributed by atoms with van der Waals surface area (Å²) in [6.45, 7) is 0.